The van der Waals surface area contributed by atoms with Gasteiger partial charge in [0.05, 0.1) is 0 Å². The van der Waals surface area contributed by atoms with E-state index in [2.05, 4.69) is 19.9 Å². The van der Waals surface area contributed by atoms with E-state index >= 15 is 0 Å². The fraction of sp³-hybridized carbons (Fsp3) is 0.0667. The summed E-state index contributed by atoms with van der Waals surface area (Å²) in [6.45, 7) is 0. The van der Waals surface area contributed by atoms with Gasteiger partial charge in [-0.3, -0.25) is 19.6 Å². The van der Waals surface area contributed by atoms with Crippen molar-refractivity contribution in [3.05, 3.63) is 101 Å². The average molecular weight is 330 g/mol. The minimum atomic E-state index is -0.984. The van der Waals surface area contributed by atoms with Gasteiger partial charge in [-0.25, -0.2) is 14.0 Å². The summed E-state index contributed by atoms with van der Waals surface area (Å²) >= 11 is 0. The number of hydrogen-bond acceptors (Lipinski definition) is 4. The maximum absolute atomic E-state index is 13.6. The Kier molecular flexibility index (Phi) is 3.82. The van der Waals surface area contributed by atoms with Crippen LogP contribution in [0.15, 0.2) is 55.8 Å². The van der Waals surface area contributed by atoms with Crippen molar-refractivity contribution < 1.29 is 4.39 Å². The summed E-state index contributed by atoms with van der Waals surface area (Å²) in [5, 5.41) is 0. The molecule has 0 amide bonds. The minimum Gasteiger partial charge on any atom is -0.314 e. The third-order valence-electron chi connectivity index (χ3n) is 3.50. The highest BCUT2D eigenvalue weighted by Crippen LogP contribution is 2.27. The predicted molar refractivity (Wildman–Crippen MR) is 82.7 cm³/mol. The molecule has 1 aromatic carbocycles. The van der Waals surface area contributed by atoms with Crippen LogP contribution in [0, 0.1) is 5.82 Å². The second-order valence-electron chi connectivity index (χ2n) is 5.04. The van der Waals surface area contributed by atoms with Crippen molar-refractivity contribution in [2.24, 2.45) is 0 Å². The molecule has 0 bridgehead atoms. The van der Waals surface area contributed by atoms with Gasteiger partial charge in [0.25, 0.3) is 11.1 Å². The molecule has 0 fully saturated rings. The summed E-state index contributed by atoms with van der Waals surface area (Å²) in [6, 6.07) is 5.34. The quantitative estimate of drug-likeness (QED) is 0.527. The minimum absolute atomic E-state index is 0.0257. The molecule has 3 aromatic rings. The number of nitrogens with one attached hydrogen (secondary N) is 4. The number of halogens is 1. The average Bonchev–Trinajstić information content (AvgIpc) is 2.51. The summed E-state index contributed by atoms with van der Waals surface area (Å²) in [4.78, 5) is 55.5. The molecule has 0 unspecified atom stereocenters. The molecule has 0 spiro atoms. The van der Waals surface area contributed by atoms with Crippen LogP contribution in [0.1, 0.15) is 22.6 Å². The van der Waals surface area contributed by atoms with Gasteiger partial charge in [0, 0.05) is 29.4 Å². The Morgan fingerprint density at radius 1 is 0.833 bits per heavy atom. The summed E-state index contributed by atoms with van der Waals surface area (Å²) in [5.74, 6) is -1.54. The largest absolute Gasteiger partial charge is 0.325 e. The number of hydrogen-bond donors (Lipinski definition) is 4. The molecule has 0 aliphatic carbocycles. The molecule has 3 rings (SSSR count). The fourth-order valence-electron chi connectivity index (χ4n) is 2.48. The molecule has 0 aliphatic heterocycles. The van der Waals surface area contributed by atoms with E-state index in [-0.39, 0.29) is 11.1 Å². The van der Waals surface area contributed by atoms with Crippen molar-refractivity contribution >= 4 is 0 Å². The number of H-pyrrole nitrogens is 4. The Morgan fingerprint density at radius 3 is 1.83 bits per heavy atom. The Balaban J connectivity index is 2.32. The number of aromatic amines is 4. The molecule has 4 N–H and O–H groups in total. The maximum Gasteiger partial charge on any atom is 0.325 e. The van der Waals surface area contributed by atoms with E-state index in [0.717, 1.165) is 12.4 Å². The lowest BCUT2D eigenvalue weighted by molar-refractivity contribution is 0.624. The first-order chi connectivity index (χ1) is 11.5. The highest BCUT2D eigenvalue weighted by molar-refractivity contribution is 5.39. The van der Waals surface area contributed by atoms with Gasteiger partial charge < -0.3 is 9.97 Å². The van der Waals surface area contributed by atoms with Gasteiger partial charge >= 0.3 is 11.4 Å². The van der Waals surface area contributed by atoms with Gasteiger partial charge in [-0.2, -0.15) is 0 Å². The molecule has 0 saturated heterocycles. The van der Waals surface area contributed by atoms with Crippen molar-refractivity contribution in [1.82, 2.24) is 19.9 Å². The van der Waals surface area contributed by atoms with Gasteiger partial charge in [-0.05, 0) is 17.7 Å². The Morgan fingerprint density at radius 2 is 1.38 bits per heavy atom. The molecule has 0 aliphatic rings. The van der Waals surface area contributed by atoms with Gasteiger partial charge in [0.2, 0.25) is 0 Å². The van der Waals surface area contributed by atoms with Crippen LogP contribution < -0.4 is 22.5 Å². The molecular weight excluding hydrogens is 319 g/mol. The topological polar surface area (TPSA) is 131 Å². The third kappa shape index (κ3) is 2.86. The third-order valence-corrected chi connectivity index (χ3v) is 3.50. The van der Waals surface area contributed by atoms with E-state index < -0.39 is 34.2 Å². The van der Waals surface area contributed by atoms with Crippen molar-refractivity contribution in [1.29, 1.82) is 0 Å². The highest BCUT2D eigenvalue weighted by atomic mass is 19.1. The van der Waals surface area contributed by atoms with Gasteiger partial charge in [-0.15, -0.1) is 0 Å². The summed E-state index contributed by atoms with van der Waals surface area (Å²) < 4.78 is 13.6. The molecule has 0 radical (unpaired) electrons. The molecule has 0 saturated carbocycles. The Hall–Kier alpha value is -3.49. The lowest BCUT2D eigenvalue weighted by Gasteiger charge is -2.16. The monoisotopic (exact) mass is 330 g/mol. The molecule has 122 valence electrons. The van der Waals surface area contributed by atoms with Gasteiger partial charge in [0.1, 0.15) is 5.82 Å². The van der Waals surface area contributed by atoms with Gasteiger partial charge in [0.15, 0.2) is 0 Å². The zero-order valence-corrected chi connectivity index (χ0v) is 12.1. The van der Waals surface area contributed by atoms with Crippen LogP contribution in [0.25, 0.3) is 0 Å². The highest BCUT2D eigenvalue weighted by Gasteiger charge is 2.23. The molecule has 9 heteroatoms. The summed E-state index contributed by atoms with van der Waals surface area (Å²) in [7, 11) is 0. The first kappa shape index (κ1) is 15.4. The molecule has 24 heavy (non-hydrogen) atoms. The molecule has 2 aromatic heterocycles. The summed E-state index contributed by atoms with van der Waals surface area (Å²) in [6.07, 6.45) is 2.31. The van der Waals surface area contributed by atoms with E-state index in [9.17, 15) is 23.6 Å². The SMILES string of the molecule is O=c1[nH]cc(C(c2cccc(F)c2)c2c[nH]c(=O)[nH]c2=O)c(=O)[nH]1. The molecule has 8 nitrogen and oxygen atoms in total. The first-order valence-corrected chi connectivity index (χ1v) is 6.85. The van der Waals surface area contributed by atoms with E-state index in [1.165, 1.54) is 24.3 Å². The predicted octanol–water partition coefficient (Wildman–Crippen LogP) is -0.241. The van der Waals surface area contributed by atoms with E-state index in [0.29, 0.717) is 5.56 Å². The zero-order chi connectivity index (χ0) is 17.3. The lowest BCUT2D eigenvalue weighted by atomic mass is 9.88. The smallest absolute Gasteiger partial charge is 0.314 e. The molecule has 0 atom stereocenters. The van der Waals surface area contributed by atoms with E-state index in [1.807, 2.05) is 0 Å². The second kappa shape index (κ2) is 5.95. The number of rotatable bonds is 3. The van der Waals surface area contributed by atoms with Crippen LogP contribution in [0.2, 0.25) is 0 Å². The Bertz CT molecular complexity index is 1060. The maximum atomic E-state index is 13.6. The van der Waals surface area contributed by atoms with Crippen LogP contribution in [0.3, 0.4) is 0 Å². The van der Waals surface area contributed by atoms with Crippen LogP contribution >= 0.6 is 0 Å². The standard InChI is InChI=1S/C15H11FN4O4/c16-8-3-1-2-7(4-8)11(9-5-17-14(23)19-12(9)21)10-6-18-15(24)20-13(10)22/h1-6,11H,(H2,17,19,21,23)(H2,18,20,22,24). The van der Waals surface area contributed by atoms with E-state index in [1.54, 1.807) is 0 Å². The van der Waals surface area contributed by atoms with Crippen molar-refractivity contribution in [3.8, 4) is 0 Å². The molecule has 2 heterocycles. The number of benzene rings is 1. The van der Waals surface area contributed by atoms with Crippen LogP contribution in [0.5, 0.6) is 0 Å². The second-order valence-corrected chi connectivity index (χ2v) is 5.04. The van der Waals surface area contributed by atoms with E-state index in [4.69, 9.17) is 0 Å². The normalized spacial score (nSPS) is 10.9. The lowest BCUT2D eigenvalue weighted by Crippen LogP contribution is -2.31. The van der Waals surface area contributed by atoms with Crippen LogP contribution in [-0.4, -0.2) is 19.9 Å². The fourth-order valence-corrected chi connectivity index (χ4v) is 2.48. The first-order valence-electron chi connectivity index (χ1n) is 6.85. The number of aromatic nitrogens is 4. The zero-order valence-electron chi connectivity index (χ0n) is 12.1. The van der Waals surface area contributed by atoms with Crippen LogP contribution in [0.4, 0.5) is 4.39 Å². The van der Waals surface area contributed by atoms with Crippen LogP contribution in [-0.2, 0) is 0 Å². The van der Waals surface area contributed by atoms with Crippen molar-refractivity contribution in [3.63, 3.8) is 0 Å². The van der Waals surface area contributed by atoms with Gasteiger partial charge in [-0.1, -0.05) is 12.1 Å². The summed E-state index contributed by atoms with van der Waals surface area (Å²) in [5.41, 5.74) is -2.51. The van der Waals surface area contributed by atoms with Crippen molar-refractivity contribution in [2.75, 3.05) is 0 Å². The molecular formula is C15H11FN4O4. The Labute approximate surface area is 132 Å². The van der Waals surface area contributed by atoms with Crippen molar-refractivity contribution in [2.45, 2.75) is 5.92 Å².